The largest absolute Gasteiger partial charge is 0.293 e. The van der Waals surface area contributed by atoms with Crippen LogP contribution in [0.5, 0.6) is 0 Å². The molecule has 0 bridgehead atoms. The van der Waals surface area contributed by atoms with Crippen LogP contribution in [0.1, 0.15) is 31.1 Å². The zero-order valence-electron chi connectivity index (χ0n) is 9.78. The van der Waals surface area contributed by atoms with Gasteiger partial charge in [0.15, 0.2) is 0 Å². The van der Waals surface area contributed by atoms with E-state index in [0.29, 0.717) is 26.7 Å². The maximum absolute atomic E-state index is 12.5. The van der Waals surface area contributed by atoms with Crippen molar-refractivity contribution < 1.29 is 0 Å². The maximum Gasteiger partial charge on any atom is 0.261 e. The SMILES string of the molecule is Cc1nc2c(Br)nc(Cl)cc2c(=O)n1C1CCC1. The van der Waals surface area contributed by atoms with Gasteiger partial charge in [-0.3, -0.25) is 9.36 Å². The second kappa shape index (κ2) is 4.31. The number of nitrogens with zero attached hydrogens (tertiary/aromatic N) is 3. The van der Waals surface area contributed by atoms with Crippen LogP contribution in [0.3, 0.4) is 0 Å². The second-order valence-corrected chi connectivity index (χ2v) is 5.69. The molecule has 1 saturated carbocycles. The van der Waals surface area contributed by atoms with Crippen molar-refractivity contribution in [1.82, 2.24) is 14.5 Å². The summed E-state index contributed by atoms with van der Waals surface area (Å²) < 4.78 is 2.31. The predicted octanol–water partition coefficient (Wildman–Crippen LogP) is 3.24. The standard InChI is InChI=1S/C12H11BrClN3O/c1-6-15-10-8(5-9(14)16-11(10)13)12(18)17(6)7-3-2-4-7/h5,7H,2-4H2,1H3. The van der Waals surface area contributed by atoms with Crippen molar-refractivity contribution >= 4 is 38.4 Å². The Balaban J connectivity index is 2.36. The smallest absolute Gasteiger partial charge is 0.261 e. The van der Waals surface area contributed by atoms with Gasteiger partial charge in [-0.2, -0.15) is 0 Å². The van der Waals surface area contributed by atoms with Gasteiger partial charge in [-0.05, 0) is 48.2 Å². The lowest BCUT2D eigenvalue weighted by Gasteiger charge is -2.29. The Kier molecular flexibility index (Phi) is 2.90. The molecule has 0 spiro atoms. The third-order valence-corrected chi connectivity index (χ3v) is 4.18. The van der Waals surface area contributed by atoms with Gasteiger partial charge in [-0.15, -0.1) is 0 Å². The van der Waals surface area contributed by atoms with Crippen molar-refractivity contribution in [2.45, 2.75) is 32.2 Å². The predicted molar refractivity (Wildman–Crippen MR) is 74.1 cm³/mol. The van der Waals surface area contributed by atoms with E-state index >= 15 is 0 Å². The van der Waals surface area contributed by atoms with E-state index < -0.39 is 0 Å². The topological polar surface area (TPSA) is 47.8 Å². The zero-order valence-corrected chi connectivity index (χ0v) is 12.1. The normalized spacial score (nSPS) is 15.9. The molecular weight excluding hydrogens is 318 g/mol. The van der Waals surface area contributed by atoms with Crippen LogP contribution in [0.25, 0.3) is 10.9 Å². The molecule has 0 unspecified atom stereocenters. The molecule has 0 N–H and O–H groups in total. The fourth-order valence-corrected chi connectivity index (χ4v) is 3.10. The third kappa shape index (κ3) is 1.77. The van der Waals surface area contributed by atoms with E-state index in [9.17, 15) is 4.79 Å². The fourth-order valence-electron chi connectivity index (χ4n) is 2.31. The van der Waals surface area contributed by atoms with Gasteiger partial charge in [-0.1, -0.05) is 11.6 Å². The minimum absolute atomic E-state index is 0.0211. The van der Waals surface area contributed by atoms with Crippen molar-refractivity contribution in [3.63, 3.8) is 0 Å². The summed E-state index contributed by atoms with van der Waals surface area (Å²) in [6.45, 7) is 1.86. The van der Waals surface area contributed by atoms with Crippen LogP contribution in [0.4, 0.5) is 0 Å². The van der Waals surface area contributed by atoms with Crippen molar-refractivity contribution in [1.29, 1.82) is 0 Å². The number of pyridine rings is 1. The van der Waals surface area contributed by atoms with Crippen molar-refractivity contribution in [2.75, 3.05) is 0 Å². The van der Waals surface area contributed by atoms with E-state index in [0.717, 1.165) is 18.7 Å². The lowest BCUT2D eigenvalue weighted by molar-refractivity contribution is 0.300. The lowest BCUT2D eigenvalue weighted by atomic mass is 9.92. The van der Waals surface area contributed by atoms with Gasteiger partial charge in [0.25, 0.3) is 5.56 Å². The number of halogens is 2. The van der Waals surface area contributed by atoms with Crippen LogP contribution in [-0.2, 0) is 0 Å². The molecule has 4 nitrogen and oxygen atoms in total. The molecule has 1 aliphatic rings. The first-order valence-corrected chi connectivity index (χ1v) is 7.00. The van der Waals surface area contributed by atoms with Gasteiger partial charge in [0, 0.05) is 6.04 Å². The van der Waals surface area contributed by atoms with E-state index in [1.165, 1.54) is 6.42 Å². The van der Waals surface area contributed by atoms with Crippen LogP contribution < -0.4 is 5.56 Å². The lowest BCUT2D eigenvalue weighted by Crippen LogP contribution is -2.31. The highest BCUT2D eigenvalue weighted by Crippen LogP contribution is 2.32. The number of aromatic nitrogens is 3. The van der Waals surface area contributed by atoms with Gasteiger partial charge < -0.3 is 0 Å². The first-order valence-electron chi connectivity index (χ1n) is 5.83. The Morgan fingerprint density at radius 1 is 1.44 bits per heavy atom. The van der Waals surface area contributed by atoms with Gasteiger partial charge in [0.2, 0.25) is 0 Å². The Labute approximate surface area is 117 Å². The number of hydrogen-bond donors (Lipinski definition) is 0. The Morgan fingerprint density at radius 3 is 2.78 bits per heavy atom. The van der Waals surface area contributed by atoms with Crippen LogP contribution >= 0.6 is 27.5 Å². The monoisotopic (exact) mass is 327 g/mol. The number of aryl methyl sites for hydroxylation is 1. The molecule has 18 heavy (non-hydrogen) atoms. The minimum Gasteiger partial charge on any atom is -0.293 e. The average Bonchev–Trinajstić information content (AvgIpc) is 2.23. The summed E-state index contributed by atoms with van der Waals surface area (Å²) in [4.78, 5) is 21.0. The maximum atomic E-state index is 12.5. The third-order valence-electron chi connectivity index (χ3n) is 3.43. The molecule has 0 amide bonds. The molecule has 2 aromatic rings. The Morgan fingerprint density at radius 2 is 2.17 bits per heavy atom. The molecule has 1 aliphatic carbocycles. The molecule has 0 aliphatic heterocycles. The molecule has 0 saturated heterocycles. The quantitative estimate of drug-likeness (QED) is 0.755. The van der Waals surface area contributed by atoms with E-state index in [1.54, 1.807) is 10.6 Å². The number of hydrogen-bond acceptors (Lipinski definition) is 3. The molecule has 2 heterocycles. The van der Waals surface area contributed by atoms with Crippen LogP contribution in [0, 0.1) is 6.92 Å². The van der Waals surface area contributed by atoms with Gasteiger partial charge >= 0.3 is 0 Å². The first kappa shape index (κ1) is 12.1. The van der Waals surface area contributed by atoms with E-state index in [1.807, 2.05) is 6.92 Å². The summed E-state index contributed by atoms with van der Waals surface area (Å²) in [6.07, 6.45) is 3.28. The zero-order chi connectivity index (χ0) is 12.9. The van der Waals surface area contributed by atoms with Gasteiger partial charge in [0.1, 0.15) is 21.1 Å². The molecule has 2 aromatic heterocycles. The summed E-state index contributed by atoms with van der Waals surface area (Å²) in [5.41, 5.74) is 0.560. The van der Waals surface area contributed by atoms with Crippen molar-refractivity contribution in [2.24, 2.45) is 0 Å². The first-order chi connectivity index (χ1) is 8.58. The summed E-state index contributed by atoms with van der Waals surface area (Å²) in [5, 5.41) is 0.830. The molecule has 94 valence electrons. The highest BCUT2D eigenvalue weighted by atomic mass is 79.9. The Bertz CT molecular complexity index is 694. The minimum atomic E-state index is -0.0211. The number of fused-ring (bicyclic) bond motifs is 1. The highest BCUT2D eigenvalue weighted by Gasteiger charge is 2.24. The molecule has 0 radical (unpaired) electrons. The highest BCUT2D eigenvalue weighted by molar-refractivity contribution is 9.10. The Hall–Kier alpha value is -0.940. The summed E-state index contributed by atoms with van der Waals surface area (Å²) in [7, 11) is 0. The van der Waals surface area contributed by atoms with Crippen LogP contribution in [0.15, 0.2) is 15.5 Å². The van der Waals surface area contributed by atoms with E-state index in [2.05, 4.69) is 25.9 Å². The van der Waals surface area contributed by atoms with Gasteiger partial charge in [0.05, 0.1) is 5.39 Å². The van der Waals surface area contributed by atoms with Crippen molar-refractivity contribution in [3.05, 3.63) is 32.0 Å². The van der Waals surface area contributed by atoms with Crippen molar-refractivity contribution in [3.8, 4) is 0 Å². The van der Waals surface area contributed by atoms with Crippen LogP contribution in [-0.4, -0.2) is 14.5 Å². The number of rotatable bonds is 1. The molecule has 0 atom stereocenters. The second-order valence-electron chi connectivity index (χ2n) is 4.55. The molecular formula is C12H11BrClN3O. The average molecular weight is 329 g/mol. The summed E-state index contributed by atoms with van der Waals surface area (Å²) in [6, 6.07) is 1.88. The van der Waals surface area contributed by atoms with Crippen LogP contribution in [0.2, 0.25) is 5.15 Å². The molecule has 6 heteroatoms. The molecule has 1 fully saturated rings. The fraction of sp³-hybridized carbons (Fsp3) is 0.417. The van der Waals surface area contributed by atoms with Gasteiger partial charge in [-0.25, -0.2) is 9.97 Å². The summed E-state index contributed by atoms with van der Waals surface area (Å²) in [5.74, 6) is 0.738. The molecule has 0 aromatic carbocycles. The van der Waals surface area contributed by atoms with E-state index in [-0.39, 0.29) is 5.56 Å². The summed E-state index contributed by atoms with van der Waals surface area (Å²) >= 11 is 9.20. The molecule has 3 rings (SSSR count). The van der Waals surface area contributed by atoms with E-state index in [4.69, 9.17) is 11.6 Å².